The molecule has 0 fully saturated rings. The first-order chi connectivity index (χ1) is 8.37. The lowest BCUT2D eigenvalue weighted by atomic mass is 10.1. The third-order valence-corrected chi connectivity index (χ3v) is 2.42. The van der Waals surface area contributed by atoms with Gasteiger partial charge in [0.1, 0.15) is 18.0 Å². The zero-order chi connectivity index (χ0) is 13.6. The number of anilines is 2. The van der Waals surface area contributed by atoms with E-state index >= 15 is 0 Å². The molecule has 5 heteroatoms. The predicted octanol–water partition coefficient (Wildman–Crippen LogP) is 2.08. The lowest BCUT2D eigenvalue weighted by molar-refractivity contribution is 0.548. The van der Waals surface area contributed by atoms with E-state index in [1.165, 1.54) is 0 Å². The van der Waals surface area contributed by atoms with Gasteiger partial charge < -0.3 is 16.4 Å². The Morgan fingerprint density at radius 3 is 2.39 bits per heavy atom. The lowest BCUT2D eigenvalue weighted by Gasteiger charge is -2.19. The van der Waals surface area contributed by atoms with Crippen molar-refractivity contribution >= 4 is 11.6 Å². The van der Waals surface area contributed by atoms with Gasteiger partial charge in [-0.1, -0.05) is 13.8 Å². The summed E-state index contributed by atoms with van der Waals surface area (Å²) in [6.45, 7) is 9.97. The minimum atomic E-state index is -0.254. The molecule has 102 valence electrons. The molecule has 0 aromatic carbocycles. The molecular formula is C13H25N5. The number of nitrogens with zero attached hydrogens (tertiary/aromatic N) is 2. The first kappa shape index (κ1) is 14.7. The zero-order valence-corrected chi connectivity index (χ0v) is 11.8. The van der Waals surface area contributed by atoms with Crippen molar-refractivity contribution in [3.05, 3.63) is 12.4 Å². The van der Waals surface area contributed by atoms with Crippen molar-refractivity contribution in [3.63, 3.8) is 0 Å². The summed E-state index contributed by atoms with van der Waals surface area (Å²) >= 11 is 0. The summed E-state index contributed by atoms with van der Waals surface area (Å²) in [5, 5.41) is 6.50. The van der Waals surface area contributed by atoms with Crippen LogP contribution < -0.4 is 16.4 Å². The van der Waals surface area contributed by atoms with Gasteiger partial charge in [0.25, 0.3) is 0 Å². The molecule has 1 aromatic heterocycles. The minimum Gasteiger partial charge on any atom is -0.370 e. The van der Waals surface area contributed by atoms with Gasteiger partial charge in [-0.3, -0.25) is 0 Å². The number of hydrogen-bond acceptors (Lipinski definition) is 5. The maximum Gasteiger partial charge on any atom is 0.131 e. The van der Waals surface area contributed by atoms with Gasteiger partial charge in [-0.25, -0.2) is 9.97 Å². The molecule has 0 saturated heterocycles. The van der Waals surface area contributed by atoms with Crippen LogP contribution in [0.2, 0.25) is 0 Å². The first-order valence-electron chi connectivity index (χ1n) is 6.45. The summed E-state index contributed by atoms with van der Waals surface area (Å²) < 4.78 is 0. The van der Waals surface area contributed by atoms with Crippen molar-refractivity contribution in [2.24, 2.45) is 11.7 Å². The Labute approximate surface area is 110 Å². The smallest absolute Gasteiger partial charge is 0.131 e. The second-order valence-electron chi connectivity index (χ2n) is 5.74. The van der Waals surface area contributed by atoms with Gasteiger partial charge in [0.05, 0.1) is 0 Å². The van der Waals surface area contributed by atoms with Crippen LogP contribution in [0.3, 0.4) is 0 Å². The summed E-state index contributed by atoms with van der Waals surface area (Å²) in [5.41, 5.74) is 5.66. The fourth-order valence-electron chi connectivity index (χ4n) is 1.36. The molecule has 4 N–H and O–H groups in total. The van der Waals surface area contributed by atoms with E-state index in [-0.39, 0.29) is 5.54 Å². The molecule has 1 aromatic rings. The maximum absolute atomic E-state index is 5.91. The Balaban J connectivity index is 2.46. The van der Waals surface area contributed by atoms with Crippen LogP contribution in [-0.4, -0.2) is 28.6 Å². The molecule has 0 bridgehead atoms. The summed E-state index contributed by atoms with van der Waals surface area (Å²) in [7, 11) is 0. The van der Waals surface area contributed by atoms with E-state index in [1.54, 1.807) is 6.33 Å². The van der Waals surface area contributed by atoms with E-state index in [9.17, 15) is 0 Å². The summed E-state index contributed by atoms with van der Waals surface area (Å²) in [4.78, 5) is 8.36. The van der Waals surface area contributed by atoms with Crippen molar-refractivity contribution in [2.45, 2.75) is 39.7 Å². The number of nitrogens with two attached hydrogens (primary N) is 1. The highest BCUT2D eigenvalue weighted by Gasteiger charge is 2.10. The molecule has 1 heterocycles. The highest BCUT2D eigenvalue weighted by atomic mass is 15.1. The number of aromatic nitrogens is 2. The van der Waals surface area contributed by atoms with Crippen molar-refractivity contribution in [3.8, 4) is 0 Å². The van der Waals surface area contributed by atoms with Crippen LogP contribution in [0.15, 0.2) is 12.4 Å². The van der Waals surface area contributed by atoms with Gasteiger partial charge in [0.2, 0.25) is 0 Å². The molecule has 0 spiro atoms. The molecule has 0 aliphatic heterocycles. The topological polar surface area (TPSA) is 75.9 Å². The quantitative estimate of drug-likeness (QED) is 0.692. The standard InChI is InChI=1S/C13H25N5/c1-10(2)5-6-15-11-7-12(18-9-17-11)16-8-13(3,4)14/h7,9-10H,5-6,8,14H2,1-4H3,(H2,15,16,17,18). The molecule has 0 atom stereocenters. The Hall–Kier alpha value is -1.36. The number of nitrogens with one attached hydrogen (secondary N) is 2. The highest BCUT2D eigenvalue weighted by Crippen LogP contribution is 2.10. The van der Waals surface area contributed by atoms with Gasteiger partial charge in [0.15, 0.2) is 0 Å². The van der Waals surface area contributed by atoms with Crippen LogP contribution in [-0.2, 0) is 0 Å². The van der Waals surface area contributed by atoms with Crippen LogP contribution >= 0.6 is 0 Å². The van der Waals surface area contributed by atoms with Crippen LogP contribution in [0, 0.1) is 5.92 Å². The normalized spacial score (nSPS) is 11.7. The molecule has 0 aliphatic carbocycles. The van der Waals surface area contributed by atoms with E-state index in [2.05, 4.69) is 34.4 Å². The van der Waals surface area contributed by atoms with Crippen LogP contribution in [0.1, 0.15) is 34.1 Å². The molecule has 0 amide bonds. The van der Waals surface area contributed by atoms with Crippen molar-refractivity contribution in [1.82, 2.24) is 9.97 Å². The molecule has 18 heavy (non-hydrogen) atoms. The van der Waals surface area contributed by atoms with Crippen LogP contribution in [0.25, 0.3) is 0 Å². The van der Waals surface area contributed by atoms with E-state index in [1.807, 2.05) is 19.9 Å². The first-order valence-corrected chi connectivity index (χ1v) is 6.45. The van der Waals surface area contributed by atoms with Gasteiger partial charge in [-0.15, -0.1) is 0 Å². The largest absolute Gasteiger partial charge is 0.370 e. The average molecular weight is 251 g/mol. The third-order valence-electron chi connectivity index (χ3n) is 2.42. The summed E-state index contributed by atoms with van der Waals surface area (Å²) in [6, 6.07) is 1.91. The molecule has 5 nitrogen and oxygen atoms in total. The Morgan fingerprint density at radius 1 is 1.22 bits per heavy atom. The van der Waals surface area contributed by atoms with Gasteiger partial charge in [-0.05, 0) is 26.2 Å². The fraction of sp³-hybridized carbons (Fsp3) is 0.692. The molecule has 0 saturated carbocycles. The lowest BCUT2D eigenvalue weighted by Crippen LogP contribution is -2.39. The minimum absolute atomic E-state index is 0.254. The Morgan fingerprint density at radius 2 is 1.83 bits per heavy atom. The van der Waals surface area contributed by atoms with E-state index < -0.39 is 0 Å². The van der Waals surface area contributed by atoms with Crippen LogP contribution in [0.4, 0.5) is 11.6 Å². The van der Waals surface area contributed by atoms with E-state index in [0.29, 0.717) is 12.5 Å². The summed E-state index contributed by atoms with van der Waals surface area (Å²) in [5.74, 6) is 2.34. The molecule has 0 aliphatic rings. The third kappa shape index (κ3) is 6.39. The van der Waals surface area contributed by atoms with E-state index in [4.69, 9.17) is 5.73 Å². The zero-order valence-electron chi connectivity index (χ0n) is 11.8. The van der Waals surface area contributed by atoms with E-state index in [0.717, 1.165) is 24.6 Å². The predicted molar refractivity (Wildman–Crippen MR) is 76.7 cm³/mol. The molecule has 0 unspecified atom stereocenters. The Bertz CT molecular complexity index is 357. The highest BCUT2D eigenvalue weighted by molar-refractivity contribution is 5.46. The number of hydrogen-bond donors (Lipinski definition) is 3. The van der Waals surface area contributed by atoms with Gasteiger partial charge >= 0.3 is 0 Å². The fourth-order valence-corrected chi connectivity index (χ4v) is 1.36. The second kappa shape index (κ2) is 6.54. The van der Waals surface area contributed by atoms with Crippen molar-refractivity contribution in [1.29, 1.82) is 0 Å². The number of rotatable bonds is 7. The average Bonchev–Trinajstić information content (AvgIpc) is 2.26. The maximum atomic E-state index is 5.91. The summed E-state index contributed by atoms with van der Waals surface area (Å²) in [6.07, 6.45) is 2.69. The molecular weight excluding hydrogens is 226 g/mol. The van der Waals surface area contributed by atoms with Crippen molar-refractivity contribution < 1.29 is 0 Å². The van der Waals surface area contributed by atoms with Crippen LogP contribution in [0.5, 0.6) is 0 Å². The second-order valence-corrected chi connectivity index (χ2v) is 5.74. The van der Waals surface area contributed by atoms with Gasteiger partial charge in [-0.2, -0.15) is 0 Å². The van der Waals surface area contributed by atoms with Gasteiger partial charge in [0, 0.05) is 24.7 Å². The Kier molecular flexibility index (Phi) is 5.34. The monoisotopic (exact) mass is 251 g/mol. The molecule has 0 radical (unpaired) electrons. The van der Waals surface area contributed by atoms with Crippen molar-refractivity contribution in [2.75, 3.05) is 23.7 Å². The SMILES string of the molecule is CC(C)CCNc1cc(NCC(C)(C)N)ncn1. The molecule has 1 rings (SSSR count).